The van der Waals surface area contributed by atoms with Crippen molar-refractivity contribution >= 4 is 43.7 Å². The quantitative estimate of drug-likeness (QED) is 0.424. The maximum absolute atomic E-state index is 6.46. The maximum atomic E-state index is 6.46. The molecular weight excluding hydrogens is 389 g/mol. The average molecular weight is 425 g/mol. The van der Waals surface area contributed by atoms with E-state index in [0.29, 0.717) is 5.04 Å². The van der Waals surface area contributed by atoms with Crippen molar-refractivity contribution in [3.05, 3.63) is 47.6 Å². The van der Waals surface area contributed by atoms with E-state index in [-0.39, 0.29) is 18.1 Å². The van der Waals surface area contributed by atoms with Crippen molar-refractivity contribution in [2.45, 2.75) is 79.1 Å². The Morgan fingerprint density at radius 3 is 1.67 bits per heavy atom. The molecule has 2 aliphatic rings. The van der Waals surface area contributed by atoms with Crippen molar-refractivity contribution in [1.29, 1.82) is 0 Å². The molecule has 0 fully saturated rings. The van der Waals surface area contributed by atoms with E-state index in [4.69, 9.17) is 22.9 Å². The number of hydrogen-bond donors (Lipinski definition) is 0. The van der Waals surface area contributed by atoms with E-state index in [2.05, 4.69) is 102 Å². The fourth-order valence-electron chi connectivity index (χ4n) is 2.74. The van der Waals surface area contributed by atoms with Crippen molar-refractivity contribution in [1.82, 2.24) is 9.29 Å². The van der Waals surface area contributed by atoms with Gasteiger partial charge in [0.1, 0.15) is 8.24 Å². The van der Waals surface area contributed by atoms with Crippen LogP contribution in [0.3, 0.4) is 0 Å². The van der Waals surface area contributed by atoms with E-state index >= 15 is 0 Å². The normalized spacial score (nSPS) is 18.2. The third kappa shape index (κ3) is 5.98. The monoisotopic (exact) mass is 424 g/mol. The highest BCUT2D eigenvalue weighted by atomic mass is 35.5. The van der Waals surface area contributed by atoms with Gasteiger partial charge in [0.15, 0.2) is 0 Å². The highest BCUT2D eigenvalue weighted by Gasteiger charge is 2.44. The summed E-state index contributed by atoms with van der Waals surface area (Å²) < 4.78 is 2.38. The van der Waals surface area contributed by atoms with Crippen molar-refractivity contribution < 1.29 is 0 Å². The maximum Gasteiger partial charge on any atom is 0.390 e. The van der Waals surface area contributed by atoms with Crippen LogP contribution in [0.15, 0.2) is 47.6 Å². The van der Waals surface area contributed by atoms with Gasteiger partial charge in [-0.05, 0) is 64.2 Å². The standard InChI is InChI=1S/C11H21BClNSi.C9H15BClN/c1-10-8-7-9-14(12(10)13)15(5,6)11(2,3)4;1-8-6-5-7-12(10(8)11)9(2,3)4/h7-9H,1-6H3;5-7H,1-4H3. The lowest BCUT2D eigenvalue weighted by atomic mass is 9.74. The van der Waals surface area contributed by atoms with Crippen LogP contribution in [0.1, 0.15) is 55.4 Å². The summed E-state index contributed by atoms with van der Waals surface area (Å²) in [5.74, 6) is 0. The van der Waals surface area contributed by atoms with Crippen LogP contribution in [0, 0.1) is 0 Å². The number of allylic oxidation sites excluding steroid dienone is 6. The molecule has 0 aromatic carbocycles. The third-order valence-corrected chi connectivity index (χ3v) is 12.3. The van der Waals surface area contributed by atoms with Gasteiger partial charge in [0.05, 0.1) is 0 Å². The first-order valence-corrected chi connectivity index (χ1v) is 13.5. The molecular formula is C20H36B2Cl2N2Si. The predicted octanol–water partition coefficient (Wildman–Crippen LogP) is 6.86. The Morgan fingerprint density at radius 2 is 1.26 bits per heavy atom. The van der Waals surface area contributed by atoms with Crippen molar-refractivity contribution in [3.63, 3.8) is 0 Å². The second kappa shape index (κ2) is 8.88. The van der Waals surface area contributed by atoms with Gasteiger partial charge in [-0.25, -0.2) is 0 Å². The van der Waals surface area contributed by atoms with Crippen LogP contribution in [-0.2, 0) is 0 Å². The first kappa shape index (κ1) is 24.5. The van der Waals surface area contributed by atoms with Crippen LogP contribution < -0.4 is 0 Å². The van der Waals surface area contributed by atoms with Crippen molar-refractivity contribution in [2.24, 2.45) is 0 Å². The molecule has 2 heterocycles. The van der Waals surface area contributed by atoms with E-state index in [1.807, 2.05) is 12.3 Å². The minimum atomic E-state index is -1.54. The lowest BCUT2D eigenvalue weighted by Crippen LogP contribution is -2.57. The molecule has 2 aliphatic heterocycles. The molecule has 0 aliphatic carbocycles. The molecule has 27 heavy (non-hydrogen) atoms. The number of halogens is 2. The highest BCUT2D eigenvalue weighted by Crippen LogP contribution is 2.40. The van der Waals surface area contributed by atoms with Gasteiger partial charge in [-0.1, -0.05) is 57.0 Å². The van der Waals surface area contributed by atoms with E-state index < -0.39 is 8.24 Å². The first-order chi connectivity index (χ1) is 12.1. The molecule has 2 nitrogen and oxygen atoms in total. The van der Waals surface area contributed by atoms with Gasteiger partial charge >= 0.3 is 12.5 Å². The van der Waals surface area contributed by atoms with Crippen LogP contribution in [0.2, 0.25) is 18.1 Å². The topological polar surface area (TPSA) is 6.48 Å². The van der Waals surface area contributed by atoms with Crippen molar-refractivity contribution in [2.75, 3.05) is 0 Å². The van der Waals surface area contributed by atoms with Crippen molar-refractivity contribution in [3.8, 4) is 0 Å². The summed E-state index contributed by atoms with van der Waals surface area (Å²) in [4.78, 5) is 2.16. The van der Waals surface area contributed by atoms with Crippen LogP contribution in [-0.4, -0.2) is 35.6 Å². The Bertz CT molecular complexity index is 643. The molecule has 0 radical (unpaired) electrons. The molecule has 0 spiro atoms. The van der Waals surface area contributed by atoms with E-state index in [1.165, 1.54) is 10.9 Å². The third-order valence-electron chi connectivity index (χ3n) is 5.71. The predicted molar refractivity (Wildman–Crippen MR) is 130 cm³/mol. The summed E-state index contributed by atoms with van der Waals surface area (Å²) in [6.07, 6.45) is 12.5. The fourth-order valence-corrected chi connectivity index (χ4v) is 6.05. The average Bonchev–Trinajstić information content (AvgIpc) is 2.51. The molecule has 0 saturated heterocycles. The minimum absolute atomic E-state index is 0.00926. The van der Waals surface area contributed by atoms with Gasteiger partial charge in [-0.15, -0.1) is 0 Å². The van der Waals surface area contributed by atoms with E-state index in [9.17, 15) is 0 Å². The summed E-state index contributed by atoms with van der Waals surface area (Å²) >= 11 is 12.7. The lowest BCUT2D eigenvalue weighted by Gasteiger charge is -2.48. The lowest BCUT2D eigenvalue weighted by molar-refractivity contribution is 0.327. The summed E-state index contributed by atoms with van der Waals surface area (Å²) in [5.41, 5.74) is 2.54. The SMILES string of the molecule is CC1=CC=CN(C(C)(C)C)B1Cl.CC1=CC=CN([Si](C)(C)C(C)(C)C)B1Cl. The van der Waals surface area contributed by atoms with Gasteiger partial charge in [-0.2, -0.15) is 22.9 Å². The van der Waals surface area contributed by atoms with Gasteiger partial charge < -0.3 is 9.29 Å². The van der Waals surface area contributed by atoms with Crippen LogP contribution in [0.4, 0.5) is 0 Å². The Morgan fingerprint density at radius 1 is 0.815 bits per heavy atom. The molecule has 0 atom stereocenters. The molecule has 0 unspecified atom stereocenters. The summed E-state index contributed by atoms with van der Waals surface area (Å²) in [7, 11) is -1.54. The van der Waals surface area contributed by atoms with Gasteiger partial charge in [0, 0.05) is 5.54 Å². The largest absolute Gasteiger partial charge is 0.431 e. The zero-order chi connectivity index (χ0) is 21.2. The summed E-state index contributed by atoms with van der Waals surface area (Å²) in [6, 6.07) is 0. The van der Waals surface area contributed by atoms with Gasteiger partial charge in [0.25, 0.3) is 0 Å². The van der Waals surface area contributed by atoms with E-state index in [0.717, 1.165) is 0 Å². The zero-order valence-electron chi connectivity index (χ0n) is 18.8. The van der Waals surface area contributed by atoms with Crippen LogP contribution >= 0.6 is 22.9 Å². The van der Waals surface area contributed by atoms with Gasteiger partial charge in [0.2, 0.25) is 0 Å². The van der Waals surface area contributed by atoms with E-state index in [1.54, 1.807) is 0 Å². The molecule has 0 amide bonds. The summed E-state index contributed by atoms with van der Waals surface area (Å²) in [6.45, 7) is 22.3. The Balaban J connectivity index is 0.000000277. The molecule has 7 heteroatoms. The first-order valence-electron chi connectivity index (χ1n) is 9.65. The number of hydrogen-bond acceptors (Lipinski definition) is 2. The molecule has 0 N–H and O–H groups in total. The van der Waals surface area contributed by atoms with Crippen LogP contribution in [0.5, 0.6) is 0 Å². The number of rotatable bonds is 1. The highest BCUT2D eigenvalue weighted by molar-refractivity contribution is 7.14. The molecule has 0 bridgehead atoms. The number of nitrogens with zero attached hydrogens (tertiary/aromatic N) is 2. The molecule has 0 aromatic rings. The smallest absolute Gasteiger partial charge is 0.390 e. The Labute approximate surface area is 179 Å². The molecule has 0 aromatic heterocycles. The molecule has 2 rings (SSSR count). The van der Waals surface area contributed by atoms with Crippen LogP contribution in [0.25, 0.3) is 0 Å². The summed E-state index contributed by atoms with van der Waals surface area (Å²) in [5, 5.41) is 0.322. The molecule has 150 valence electrons. The minimum Gasteiger partial charge on any atom is -0.431 e. The Kier molecular flexibility index (Phi) is 8.06. The second-order valence-corrected chi connectivity index (χ2v) is 15.9. The van der Waals surface area contributed by atoms with Gasteiger partial charge in [-0.3, -0.25) is 0 Å². The second-order valence-electron chi connectivity index (χ2n) is 9.97. The molecule has 0 saturated carbocycles. The Hall–Kier alpha value is -0.513. The zero-order valence-corrected chi connectivity index (χ0v) is 21.3. The fraction of sp³-hybridized carbons (Fsp3) is 0.600.